The van der Waals surface area contributed by atoms with Crippen molar-refractivity contribution in [1.29, 1.82) is 0 Å². The lowest BCUT2D eigenvalue weighted by Gasteiger charge is -2.36. The molecule has 36 heavy (non-hydrogen) atoms. The molecule has 9 heteroatoms. The van der Waals surface area contributed by atoms with E-state index in [-0.39, 0.29) is 17.9 Å². The smallest absolute Gasteiger partial charge is 0.270 e. The van der Waals surface area contributed by atoms with Gasteiger partial charge in [-0.1, -0.05) is 11.6 Å². The van der Waals surface area contributed by atoms with E-state index in [0.717, 1.165) is 44.8 Å². The summed E-state index contributed by atoms with van der Waals surface area (Å²) in [6.07, 6.45) is 6.00. The maximum absolute atomic E-state index is 13.0. The summed E-state index contributed by atoms with van der Waals surface area (Å²) in [5.41, 5.74) is 3.14. The highest BCUT2D eigenvalue weighted by atomic mass is 35.5. The minimum Gasteiger partial charge on any atom is -0.368 e. The number of piperazine rings is 1. The van der Waals surface area contributed by atoms with Gasteiger partial charge in [-0.2, -0.15) is 0 Å². The Balaban J connectivity index is 1.10. The van der Waals surface area contributed by atoms with Gasteiger partial charge in [0.15, 0.2) is 0 Å². The Bertz CT molecular complexity index is 1180. The predicted molar refractivity (Wildman–Crippen MR) is 139 cm³/mol. The first-order chi connectivity index (χ1) is 17.5. The zero-order chi connectivity index (χ0) is 24.9. The van der Waals surface area contributed by atoms with Gasteiger partial charge in [0.25, 0.3) is 11.8 Å². The largest absolute Gasteiger partial charge is 0.368 e. The van der Waals surface area contributed by atoms with Gasteiger partial charge in [-0.15, -0.1) is 0 Å². The van der Waals surface area contributed by atoms with Crippen molar-refractivity contribution in [3.8, 4) is 0 Å². The van der Waals surface area contributed by atoms with E-state index in [0.29, 0.717) is 29.4 Å². The Morgan fingerprint density at radius 3 is 2.39 bits per heavy atom. The van der Waals surface area contributed by atoms with Gasteiger partial charge >= 0.3 is 0 Å². The molecule has 5 rings (SSSR count). The zero-order valence-corrected chi connectivity index (χ0v) is 20.8. The Kier molecular flexibility index (Phi) is 7.44. The average Bonchev–Trinajstić information content (AvgIpc) is 3.36. The third-order valence-corrected chi connectivity index (χ3v) is 7.02. The number of hydrogen-bond acceptors (Lipinski definition) is 6. The van der Waals surface area contributed by atoms with E-state index in [1.54, 1.807) is 24.5 Å². The minimum atomic E-state index is -0.207. The van der Waals surface area contributed by atoms with Crippen molar-refractivity contribution in [1.82, 2.24) is 25.1 Å². The Hall–Kier alpha value is -3.49. The van der Waals surface area contributed by atoms with Crippen LogP contribution in [0.25, 0.3) is 0 Å². The van der Waals surface area contributed by atoms with Crippen molar-refractivity contribution in [2.24, 2.45) is 0 Å². The molecule has 1 atom stereocenters. The molecule has 2 saturated heterocycles. The van der Waals surface area contributed by atoms with Gasteiger partial charge < -0.3 is 15.1 Å². The summed E-state index contributed by atoms with van der Waals surface area (Å²) in [5.74, 6) is -0.269. The fourth-order valence-corrected chi connectivity index (χ4v) is 4.88. The molecule has 0 spiro atoms. The number of rotatable bonds is 6. The highest BCUT2D eigenvalue weighted by molar-refractivity contribution is 6.30. The molecule has 2 aliphatic heterocycles. The molecular formula is C27H29ClN6O2. The van der Waals surface area contributed by atoms with Gasteiger partial charge in [0, 0.05) is 81.2 Å². The molecule has 186 valence electrons. The second-order valence-corrected chi connectivity index (χ2v) is 9.67. The summed E-state index contributed by atoms with van der Waals surface area (Å²) < 4.78 is 0. The molecule has 2 fully saturated rings. The normalized spacial score (nSPS) is 18.3. The summed E-state index contributed by atoms with van der Waals surface area (Å²) in [6, 6.07) is 15.2. The number of aromatic nitrogens is 2. The van der Waals surface area contributed by atoms with E-state index in [2.05, 4.69) is 25.1 Å². The summed E-state index contributed by atoms with van der Waals surface area (Å²) in [5, 5.41) is 3.79. The summed E-state index contributed by atoms with van der Waals surface area (Å²) >= 11 is 5.98. The van der Waals surface area contributed by atoms with Crippen molar-refractivity contribution in [3.05, 3.63) is 89.0 Å². The number of nitrogens with zero attached hydrogens (tertiary/aromatic N) is 5. The van der Waals surface area contributed by atoms with E-state index < -0.39 is 0 Å². The van der Waals surface area contributed by atoms with E-state index in [1.165, 1.54) is 11.8 Å². The molecule has 3 aromatic rings. The van der Waals surface area contributed by atoms with Gasteiger partial charge in [-0.05, 0) is 60.5 Å². The van der Waals surface area contributed by atoms with E-state index >= 15 is 0 Å². The average molecular weight is 505 g/mol. The van der Waals surface area contributed by atoms with Crippen LogP contribution in [0.5, 0.6) is 0 Å². The Morgan fingerprint density at radius 2 is 1.69 bits per heavy atom. The SMILES string of the molecule is O=C(NC1CCN(Cc2ccncc2)C1)c1ccc(C(=O)N2CCN(c3ccc(Cl)cc3)CC2)cn1. The summed E-state index contributed by atoms with van der Waals surface area (Å²) in [7, 11) is 0. The lowest BCUT2D eigenvalue weighted by Crippen LogP contribution is -2.48. The number of anilines is 1. The Labute approximate surface area is 215 Å². The number of carbonyl (C=O) groups is 2. The van der Waals surface area contributed by atoms with Crippen molar-refractivity contribution in [2.45, 2.75) is 19.0 Å². The molecular weight excluding hydrogens is 476 g/mol. The molecule has 1 unspecified atom stereocenters. The second-order valence-electron chi connectivity index (χ2n) is 9.24. The third kappa shape index (κ3) is 5.83. The fraction of sp³-hybridized carbons (Fsp3) is 0.333. The van der Waals surface area contributed by atoms with Crippen LogP contribution in [0.15, 0.2) is 67.1 Å². The van der Waals surface area contributed by atoms with Crippen LogP contribution < -0.4 is 10.2 Å². The van der Waals surface area contributed by atoms with E-state index in [9.17, 15) is 9.59 Å². The third-order valence-electron chi connectivity index (χ3n) is 6.76. The number of benzene rings is 1. The topological polar surface area (TPSA) is 81.7 Å². The number of amides is 2. The van der Waals surface area contributed by atoms with Crippen molar-refractivity contribution in [3.63, 3.8) is 0 Å². The first kappa shape index (κ1) is 24.2. The highest BCUT2D eigenvalue weighted by Crippen LogP contribution is 2.20. The lowest BCUT2D eigenvalue weighted by atomic mass is 10.2. The van der Waals surface area contributed by atoms with Gasteiger partial charge in [0.2, 0.25) is 0 Å². The molecule has 8 nitrogen and oxygen atoms in total. The second kappa shape index (κ2) is 11.1. The molecule has 0 bridgehead atoms. The molecule has 2 amide bonds. The first-order valence-electron chi connectivity index (χ1n) is 12.2. The number of likely N-dealkylation sites (tertiary alicyclic amines) is 1. The first-order valence-corrected chi connectivity index (χ1v) is 12.6. The van der Waals surface area contributed by atoms with Gasteiger partial charge in [-0.25, -0.2) is 0 Å². The molecule has 0 radical (unpaired) electrons. The lowest BCUT2D eigenvalue weighted by molar-refractivity contribution is 0.0745. The number of hydrogen-bond donors (Lipinski definition) is 1. The zero-order valence-electron chi connectivity index (χ0n) is 20.0. The standard InChI is InChI=1S/C27H29ClN6O2/c28-22-2-4-24(5-3-22)33-13-15-34(16-14-33)27(36)21-1-6-25(30-17-21)26(35)31-23-9-12-32(19-23)18-20-7-10-29-11-8-20/h1-8,10-11,17,23H,9,12-16,18-19H2,(H,31,35). The van der Waals surface area contributed by atoms with Crippen LogP contribution in [0, 0.1) is 0 Å². The van der Waals surface area contributed by atoms with Gasteiger partial charge in [0.05, 0.1) is 5.56 Å². The number of carbonyl (C=O) groups excluding carboxylic acids is 2. The summed E-state index contributed by atoms with van der Waals surface area (Å²) in [4.78, 5) is 40.4. The number of nitrogens with one attached hydrogen (secondary N) is 1. The highest BCUT2D eigenvalue weighted by Gasteiger charge is 2.26. The molecule has 0 aliphatic carbocycles. The van der Waals surface area contributed by atoms with Crippen molar-refractivity contribution >= 4 is 29.1 Å². The monoisotopic (exact) mass is 504 g/mol. The molecule has 1 aromatic carbocycles. The van der Waals surface area contributed by atoms with Crippen LogP contribution in [-0.2, 0) is 6.54 Å². The van der Waals surface area contributed by atoms with Crippen LogP contribution in [0.1, 0.15) is 32.8 Å². The predicted octanol–water partition coefficient (Wildman–Crippen LogP) is 3.10. The number of halogens is 1. The number of pyridine rings is 2. The molecule has 2 aliphatic rings. The van der Waals surface area contributed by atoms with Crippen molar-refractivity contribution < 1.29 is 9.59 Å². The molecule has 2 aromatic heterocycles. The van der Waals surface area contributed by atoms with Gasteiger partial charge in [0.1, 0.15) is 5.69 Å². The molecule has 1 N–H and O–H groups in total. The fourth-order valence-electron chi connectivity index (χ4n) is 4.76. The summed E-state index contributed by atoms with van der Waals surface area (Å²) in [6.45, 7) is 5.33. The van der Waals surface area contributed by atoms with Crippen molar-refractivity contribution in [2.75, 3.05) is 44.2 Å². The quantitative estimate of drug-likeness (QED) is 0.555. The molecule has 4 heterocycles. The van der Waals surface area contributed by atoms with Crippen LogP contribution in [-0.4, -0.2) is 76.9 Å². The Morgan fingerprint density at radius 1 is 0.944 bits per heavy atom. The van der Waals surface area contributed by atoms with Crippen LogP contribution in [0.3, 0.4) is 0 Å². The maximum atomic E-state index is 13.0. The van der Waals surface area contributed by atoms with Crippen LogP contribution in [0.4, 0.5) is 5.69 Å². The maximum Gasteiger partial charge on any atom is 0.270 e. The molecule has 0 saturated carbocycles. The van der Waals surface area contributed by atoms with Gasteiger partial charge in [-0.3, -0.25) is 24.5 Å². The minimum absolute atomic E-state index is 0.0623. The van der Waals surface area contributed by atoms with E-state index in [1.807, 2.05) is 41.3 Å². The van der Waals surface area contributed by atoms with Crippen LogP contribution in [0.2, 0.25) is 5.02 Å². The van der Waals surface area contributed by atoms with E-state index in [4.69, 9.17) is 11.6 Å². The van der Waals surface area contributed by atoms with Crippen LogP contribution >= 0.6 is 11.6 Å².